The minimum Gasteiger partial charge on any atom is -0.357 e. The molecule has 0 atom stereocenters. The number of halogens is 1. The van der Waals surface area contributed by atoms with Crippen LogP contribution < -0.4 is 0 Å². The van der Waals surface area contributed by atoms with Crippen LogP contribution in [0.25, 0.3) is 10.9 Å². The zero-order valence-electron chi connectivity index (χ0n) is 9.87. The first-order chi connectivity index (χ1) is 7.80. The molecule has 4 nitrogen and oxygen atoms in total. The topological polar surface area (TPSA) is 58.9 Å². The standard InChI is InChI=1S/C12H13ClN2O2/c1-12(2,3)10-6-7-9(15(16)17)5-4-8(13)11(7)14-10/h4-6,14H,1-3H3. The Bertz CT molecular complexity index is 596. The van der Waals surface area contributed by atoms with Crippen molar-refractivity contribution in [3.8, 4) is 0 Å². The van der Waals surface area contributed by atoms with Crippen molar-refractivity contribution in [3.05, 3.63) is 39.0 Å². The molecule has 17 heavy (non-hydrogen) atoms. The largest absolute Gasteiger partial charge is 0.357 e. The molecule has 1 aromatic heterocycles. The highest BCUT2D eigenvalue weighted by Crippen LogP contribution is 2.34. The fourth-order valence-electron chi connectivity index (χ4n) is 1.73. The molecule has 0 saturated carbocycles. The van der Waals surface area contributed by atoms with E-state index >= 15 is 0 Å². The summed E-state index contributed by atoms with van der Waals surface area (Å²) in [5.41, 5.74) is 1.54. The predicted octanol–water partition coefficient (Wildman–Crippen LogP) is 4.03. The van der Waals surface area contributed by atoms with E-state index in [4.69, 9.17) is 11.6 Å². The van der Waals surface area contributed by atoms with Crippen molar-refractivity contribution in [3.63, 3.8) is 0 Å². The van der Waals surface area contributed by atoms with E-state index in [0.717, 1.165) is 5.69 Å². The van der Waals surface area contributed by atoms with Gasteiger partial charge in [0.25, 0.3) is 5.69 Å². The molecule has 2 aromatic rings. The van der Waals surface area contributed by atoms with Crippen molar-refractivity contribution in [2.24, 2.45) is 0 Å². The average molecular weight is 253 g/mol. The molecule has 0 amide bonds. The number of nitro benzene ring substituents is 1. The number of non-ortho nitro benzene ring substituents is 1. The number of nitrogens with one attached hydrogen (secondary N) is 1. The summed E-state index contributed by atoms with van der Waals surface area (Å²) in [6.07, 6.45) is 0. The van der Waals surface area contributed by atoms with E-state index in [2.05, 4.69) is 4.98 Å². The number of rotatable bonds is 1. The number of nitro groups is 1. The third-order valence-corrected chi connectivity index (χ3v) is 3.04. The van der Waals surface area contributed by atoms with Gasteiger partial charge in [-0.15, -0.1) is 0 Å². The summed E-state index contributed by atoms with van der Waals surface area (Å²) < 4.78 is 0. The summed E-state index contributed by atoms with van der Waals surface area (Å²) in [6.45, 7) is 6.12. The Labute approximate surface area is 104 Å². The molecule has 0 saturated heterocycles. The van der Waals surface area contributed by atoms with E-state index in [1.165, 1.54) is 6.07 Å². The van der Waals surface area contributed by atoms with Crippen molar-refractivity contribution in [1.82, 2.24) is 4.98 Å². The molecule has 1 aromatic carbocycles. The Balaban J connectivity index is 2.79. The lowest BCUT2D eigenvalue weighted by Crippen LogP contribution is -2.10. The molecule has 0 bridgehead atoms. The second-order valence-electron chi connectivity index (χ2n) is 5.05. The number of nitrogens with zero attached hydrogens (tertiary/aromatic N) is 1. The van der Waals surface area contributed by atoms with Gasteiger partial charge >= 0.3 is 0 Å². The molecule has 0 unspecified atom stereocenters. The van der Waals surface area contributed by atoms with E-state index in [1.807, 2.05) is 20.8 Å². The Hall–Kier alpha value is -1.55. The molecule has 0 spiro atoms. The highest BCUT2D eigenvalue weighted by atomic mass is 35.5. The maximum atomic E-state index is 10.9. The summed E-state index contributed by atoms with van der Waals surface area (Å²) in [5.74, 6) is 0. The molecule has 0 aliphatic carbocycles. The van der Waals surface area contributed by atoms with Crippen molar-refractivity contribution in [2.45, 2.75) is 26.2 Å². The van der Waals surface area contributed by atoms with Gasteiger partial charge in [-0.25, -0.2) is 0 Å². The SMILES string of the molecule is CC(C)(C)c1cc2c([N+](=O)[O-])ccc(Cl)c2[nH]1. The summed E-state index contributed by atoms with van der Waals surface area (Å²) in [4.78, 5) is 13.7. The number of fused-ring (bicyclic) bond motifs is 1. The van der Waals surface area contributed by atoms with Gasteiger partial charge in [0, 0.05) is 17.2 Å². The molecule has 0 aliphatic heterocycles. The van der Waals surface area contributed by atoms with Crippen LogP contribution in [0.4, 0.5) is 5.69 Å². The van der Waals surface area contributed by atoms with E-state index < -0.39 is 0 Å². The van der Waals surface area contributed by atoms with Crippen LogP contribution >= 0.6 is 11.6 Å². The third-order valence-electron chi connectivity index (χ3n) is 2.72. The zero-order chi connectivity index (χ0) is 12.8. The molecule has 1 heterocycles. The first-order valence-electron chi connectivity index (χ1n) is 5.27. The molecule has 0 radical (unpaired) electrons. The fourth-order valence-corrected chi connectivity index (χ4v) is 1.95. The number of benzene rings is 1. The Kier molecular flexibility index (Phi) is 2.62. The van der Waals surface area contributed by atoms with Gasteiger partial charge in [0.15, 0.2) is 0 Å². The van der Waals surface area contributed by atoms with Gasteiger partial charge in [-0.2, -0.15) is 0 Å². The summed E-state index contributed by atoms with van der Waals surface area (Å²) in [6, 6.07) is 4.79. The predicted molar refractivity (Wildman–Crippen MR) is 68.7 cm³/mol. The molecule has 90 valence electrons. The monoisotopic (exact) mass is 252 g/mol. The normalized spacial score (nSPS) is 12.0. The second-order valence-corrected chi connectivity index (χ2v) is 5.45. The number of H-pyrrole nitrogens is 1. The summed E-state index contributed by atoms with van der Waals surface area (Å²) >= 11 is 6.04. The molecular weight excluding hydrogens is 240 g/mol. The van der Waals surface area contributed by atoms with Crippen molar-refractivity contribution >= 4 is 28.2 Å². The van der Waals surface area contributed by atoms with E-state index in [1.54, 1.807) is 12.1 Å². The highest BCUT2D eigenvalue weighted by Gasteiger charge is 2.21. The number of aromatic amines is 1. The lowest BCUT2D eigenvalue weighted by Gasteiger charge is -2.15. The smallest absolute Gasteiger partial charge is 0.278 e. The van der Waals surface area contributed by atoms with Crippen molar-refractivity contribution < 1.29 is 4.92 Å². The Morgan fingerprint density at radius 3 is 2.53 bits per heavy atom. The van der Waals surface area contributed by atoms with E-state index in [0.29, 0.717) is 15.9 Å². The molecule has 5 heteroatoms. The number of hydrogen-bond donors (Lipinski definition) is 1. The number of aromatic nitrogens is 1. The van der Waals surface area contributed by atoms with Crippen LogP contribution in [0.5, 0.6) is 0 Å². The Morgan fingerprint density at radius 1 is 1.35 bits per heavy atom. The highest BCUT2D eigenvalue weighted by molar-refractivity contribution is 6.35. The van der Waals surface area contributed by atoms with E-state index in [-0.39, 0.29) is 16.0 Å². The van der Waals surface area contributed by atoms with Gasteiger partial charge in [0.1, 0.15) is 0 Å². The Morgan fingerprint density at radius 2 is 2.00 bits per heavy atom. The van der Waals surface area contributed by atoms with Crippen molar-refractivity contribution in [1.29, 1.82) is 0 Å². The van der Waals surface area contributed by atoms with Crippen LogP contribution in [0, 0.1) is 10.1 Å². The maximum Gasteiger partial charge on any atom is 0.278 e. The number of hydrogen-bond acceptors (Lipinski definition) is 2. The van der Waals surface area contributed by atoms with E-state index in [9.17, 15) is 10.1 Å². The summed E-state index contributed by atoms with van der Waals surface area (Å²) in [5, 5.41) is 12.0. The van der Waals surface area contributed by atoms with Crippen LogP contribution in [-0.4, -0.2) is 9.91 Å². The maximum absolute atomic E-state index is 10.9. The lowest BCUT2D eigenvalue weighted by molar-refractivity contribution is -0.383. The van der Waals surface area contributed by atoms with Crippen LogP contribution in [0.15, 0.2) is 18.2 Å². The summed E-state index contributed by atoms with van der Waals surface area (Å²) in [7, 11) is 0. The van der Waals surface area contributed by atoms with Gasteiger partial charge < -0.3 is 4.98 Å². The van der Waals surface area contributed by atoms with Crippen LogP contribution in [0.2, 0.25) is 5.02 Å². The van der Waals surface area contributed by atoms with Gasteiger partial charge in [-0.05, 0) is 12.1 Å². The van der Waals surface area contributed by atoms with Crippen molar-refractivity contribution in [2.75, 3.05) is 0 Å². The first kappa shape index (κ1) is 11.9. The van der Waals surface area contributed by atoms with Gasteiger partial charge in [0.05, 0.1) is 20.8 Å². The average Bonchev–Trinajstić information content (AvgIpc) is 2.62. The second kappa shape index (κ2) is 3.74. The van der Waals surface area contributed by atoms with Gasteiger partial charge in [0.2, 0.25) is 0 Å². The third kappa shape index (κ3) is 2.00. The van der Waals surface area contributed by atoms with Gasteiger partial charge in [-0.1, -0.05) is 32.4 Å². The molecule has 0 fully saturated rings. The molecule has 2 rings (SSSR count). The van der Waals surface area contributed by atoms with Crippen LogP contribution in [0.1, 0.15) is 26.5 Å². The quantitative estimate of drug-likeness (QED) is 0.615. The fraction of sp³-hybridized carbons (Fsp3) is 0.333. The van der Waals surface area contributed by atoms with Crippen LogP contribution in [-0.2, 0) is 5.41 Å². The molecule has 0 aliphatic rings. The van der Waals surface area contributed by atoms with Crippen LogP contribution in [0.3, 0.4) is 0 Å². The van der Waals surface area contributed by atoms with Gasteiger partial charge in [-0.3, -0.25) is 10.1 Å². The minimum absolute atomic E-state index is 0.0798. The first-order valence-corrected chi connectivity index (χ1v) is 5.64. The lowest BCUT2D eigenvalue weighted by atomic mass is 9.92. The molecular formula is C12H13ClN2O2. The molecule has 1 N–H and O–H groups in total. The minimum atomic E-state index is -0.390. The zero-order valence-corrected chi connectivity index (χ0v) is 10.6.